The molecule has 2 aliphatic rings. The zero-order chi connectivity index (χ0) is 8.44. The van der Waals surface area contributed by atoms with Gasteiger partial charge in [-0.05, 0) is 51.0 Å². The molecule has 1 atom stereocenters. The van der Waals surface area contributed by atoms with Gasteiger partial charge in [0.25, 0.3) is 0 Å². The van der Waals surface area contributed by atoms with E-state index in [1.54, 1.807) is 5.57 Å². The SMILES string of the molecule is C[C@@]1(C2=CCCCC2)CCCO1. The highest BCUT2D eigenvalue weighted by Gasteiger charge is 2.33. The Balaban J connectivity index is 2.10. The topological polar surface area (TPSA) is 9.23 Å². The number of hydrogen-bond donors (Lipinski definition) is 0. The maximum atomic E-state index is 5.81. The van der Waals surface area contributed by atoms with Crippen molar-refractivity contribution in [1.29, 1.82) is 0 Å². The lowest BCUT2D eigenvalue weighted by Crippen LogP contribution is -2.26. The molecule has 1 fully saturated rings. The van der Waals surface area contributed by atoms with Crippen molar-refractivity contribution in [2.24, 2.45) is 0 Å². The summed E-state index contributed by atoms with van der Waals surface area (Å²) in [5, 5.41) is 0. The highest BCUT2D eigenvalue weighted by atomic mass is 16.5. The van der Waals surface area contributed by atoms with Crippen LogP contribution in [0.3, 0.4) is 0 Å². The third kappa shape index (κ3) is 1.42. The Labute approximate surface area is 74.8 Å². The third-order valence-corrected chi connectivity index (χ3v) is 3.19. The average molecular weight is 166 g/mol. The molecule has 0 aromatic carbocycles. The summed E-state index contributed by atoms with van der Waals surface area (Å²) in [4.78, 5) is 0. The lowest BCUT2D eigenvalue weighted by Gasteiger charge is -2.29. The van der Waals surface area contributed by atoms with E-state index < -0.39 is 0 Å². The van der Waals surface area contributed by atoms with Crippen molar-refractivity contribution in [1.82, 2.24) is 0 Å². The van der Waals surface area contributed by atoms with Crippen LogP contribution in [0.4, 0.5) is 0 Å². The maximum Gasteiger partial charge on any atom is 0.0864 e. The molecular formula is C11H18O. The van der Waals surface area contributed by atoms with Crippen LogP contribution in [0.5, 0.6) is 0 Å². The highest BCUT2D eigenvalue weighted by Crippen LogP contribution is 2.37. The molecule has 0 unspecified atom stereocenters. The summed E-state index contributed by atoms with van der Waals surface area (Å²) in [6.07, 6.45) is 10.2. The number of hydrogen-bond acceptors (Lipinski definition) is 1. The molecular weight excluding hydrogens is 148 g/mol. The van der Waals surface area contributed by atoms with Gasteiger partial charge in [-0.3, -0.25) is 0 Å². The first-order chi connectivity index (χ1) is 5.81. The van der Waals surface area contributed by atoms with Crippen LogP contribution < -0.4 is 0 Å². The molecule has 0 saturated carbocycles. The minimum Gasteiger partial charge on any atom is -0.371 e. The summed E-state index contributed by atoms with van der Waals surface area (Å²) in [5.41, 5.74) is 1.70. The third-order valence-electron chi connectivity index (χ3n) is 3.19. The van der Waals surface area contributed by atoms with E-state index in [0.29, 0.717) is 0 Å². The van der Waals surface area contributed by atoms with E-state index in [1.165, 1.54) is 38.5 Å². The first-order valence-electron chi connectivity index (χ1n) is 5.15. The minimum atomic E-state index is 0.125. The van der Waals surface area contributed by atoms with Crippen molar-refractivity contribution in [3.8, 4) is 0 Å². The van der Waals surface area contributed by atoms with Crippen molar-refractivity contribution in [2.45, 2.75) is 51.0 Å². The summed E-state index contributed by atoms with van der Waals surface area (Å²) >= 11 is 0. The molecule has 1 heterocycles. The molecule has 0 spiro atoms. The molecule has 0 amide bonds. The van der Waals surface area contributed by atoms with Gasteiger partial charge in [-0.25, -0.2) is 0 Å². The molecule has 0 radical (unpaired) electrons. The second-order valence-electron chi connectivity index (χ2n) is 4.16. The normalized spacial score (nSPS) is 36.6. The first kappa shape index (κ1) is 8.31. The fraction of sp³-hybridized carbons (Fsp3) is 0.818. The van der Waals surface area contributed by atoms with E-state index in [4.69, 9.17) is 4.74 Å². The monoisotopic (exact) mass is 166 g/mol. The van der Waals surface area contributed by atoms with Crippen LogP contribution in [0.1, 0.15) is 45.4 Å². The Morgan fingerprint density at radius 1 is 1.33 bits per heavy atom. The Morgan fingerprint density at radius 2 is 2.25 bits per heavy atom. The molecule has 0 aromatic heterocycles. The first-order valence-corrected chi connectivity index (χ1v) is 5.15. The van der Waals surface area contributed by atoms with Gasteiger partial charge in [-0.1, -0.05) is 6.08 Å². The smallest absolute Gasteiger partial charge is 0.0864 e. The van der Waals surface area contributed by atoms with Gasteiger partial charge >= 0.3 is 0 Å². The van der Waals surface area contributed by atoms with Crippen molar-refractivity contribution in [3.05, 3.63) is 11.6 Å². The van der Waals surface area contributed by atoms with Crippen LogP contribution in [0.15, 0.2) is 11.6 Å². The predicted octanol–water partition coefficient (Wildman–Crippen LogP) is 3.06. The van der Waals surface area contributed by atoms with Gasteiger partial charge < -0.3 is 4.74 Å². The van der Waals surface area contributed by atoms with Crippen LogP contribution in [-0.4, -0.2) is 12.2 Å². The van der Waals surface area contributed by atoms with E-state index in [0.717, 1.165) is 6.61 Å². The largest absolute Gasteiger partial charge is 0.371 e. The van der Waals surface area contributed by atoms with Crippen LogP contribution >= 0.6 is 0 Å². The van der Waals surface area contributed by atoms with Gasteiger partial charge in [0.2, 0.25) is 0 Å². The molecule has 1 aliphatic carbocycles. The molecule has 0 aromatic rings. The average Bonchev–Trinajstić information content (AvgIpc) is 2.55. The summed E-state index contributed by atoms with van der Waals surface area (Å²) in [5.74, 6) is 0. The molecule has 0 N–H and O–H groups in total. The molecule has 1 saturated heterocycles. The lowest BCUT2D eigenvalue weighted by atomic mass is 9.85. The predicted molar refractivity (Wildman–Crippen MR) is 50.1 cm³/mol. The second kappa shape index (κ2) is 3.21. The van der Waals surface area contributed by atoms with Gasteiger partial charge in [0.1, 0.15) is 0 Å². The fourth-order valence-corrected chi connectivity index (χ4v) is 2.35. The Hall–Kier alpha value is -0.300. The van der Waals surface area contributed by atoms with E-state index in [1.807, 2.05) is 0 Å². The lowest BCUT2D eigenvalue weighted by molar-refractivity contribution is 0.0472. The van der Waals surface area contributed by atoms with Crippen molar-refractivity contribution >= 4 is 0 Å². The van der Waals surface area contributed by atoms with Crippen LogP contribution in [0.2, 0.25) is 0 Å². The fourth-order valence-electron chi connectivity index (χ4n) is 2.35. The van der Waals surface area contributed by atoms with Crippen molar-refractivity contribution in [3.63, 3.8) is 0 Å². The maximum absolute atomic E-state index is 5.81. The van der Waals surface area contributed by atoms with Crippen LogP contribution in [0.25, 0.3) is 0 Å². The van der Waals surface area contributed by atoms with E-state index >= 15 is 0 Å². The highest BCUT2D eigenvalue weighted by molar-refractivity contribution is 5.18. The quantitative estimate of drug-likeness (QED) is 0.544. The summed E-state index contributed by atoms with van der Waals surface area (Å²) in [6, 6.07) is 0. The number of allylic oxidation sites excluding steroid dienone is 1. The summed E-state index contributed by atoms with van der Waals surface area (Å²) in [7, 11) is 0. The number of rotatable bonds is 1. The standard InChI is InChI=1S/C11H18O/c1-11(8-5-9-12-11)10-6-3-2-4-7-10/h6H,2-5,7-9H2,1H3/t11-/m0/s1. The van der Waals surface area contributed by atoms with Crippen LogP contribution in [-0.2, 0) is 4.74 Å². The Bertz CT molecular complexity index is 187. The zero-order valence-corrected chi connectivity index (χ0v) is 7.94. The molecule has 1 nitrogen and oxygen atoms in total. The van der Waals surface area contributed by atoms with Crippen molar-refractivity contribution in [2.75, 3.05) is 6.61 Å². The van der Waals surface area contributed by atoms with Crippen LogP contribution in [0, 0.1) is 0 Å². The van der Waals surface area contributed by atoms with E-state index in [-0.39, 0.29) is 5.60 Å². The van der Waals surface area contributed by atoms with Gasteiger partial charge in [0.05, 0.1) is 5.60 Å². The molecule has 1 aliphatic heterocycles. The molecule has 1 heteroatoms. The second-order valence-corrected chi connectivity index (χ2v) is 4.16. The number of ether oxygens (including phenoxy) is 1. The van der Waals surface area contributed by atoms with Gasteiger partial charge in [-0.15, -0.1) is 0 Å². The van der Waals surface area contributed by atoms with Gasteiger partial charge in [-0.2, -0.15) is 0 Å². The summed E-state index contributed by atoms with van der Waals surface area (Å²) < 4.78 is 5.81. The Kier molecular flexibility index (Phi) is 2.22. The zero-order valence-electron chi connectivity index (χ0n) is 7.94. The molecule has 0 bridgehead atoms. The summed E-state index contributed by atoms with van der Waals surface area (Å²) in [6.45, 7) is 3.23. The van der Waals surface area contributed by atoms with E-state index in [2.05, 4.69) is 13.0 Å². The Morgan fingerprint density at radius 3 is 2.83 bits per heavy atom. The molecule has 2 rings (SSSR count). The molecule has 68 valence electrons. The van der Waals surface area contributed by atoms with Crippen molar-refractivity contribution < 1.29 is 4.74 Å². The molecule has 12 heavy (non-hydrogen) atoms. The minimum absolute atomic E-state index is 0.125. The van der Waals surface area contributed by atoms with E-state index in [9.17, 15) is 0 Å². The van der Waals surface area contributed by atoms with Gasteiger partial charge in [0.15, 0.2) is 0 Å². The van der Waals surface area contributed by atoms with Gasteiger partial charge in [0, 0.05) is 6.61 Å².